The Labute approximate surface area is 136 Å². The number of carbonyl (C=O) groups excluding carboxylic acids is 1. The van der Waals surface area contributed by atoms with Gasteiger partial charge in [0.2, 0.25) is 0 Å². The fourth-order valence-electron chi connectivity index (χ4n) is 1.59. The summed E-state index contributed by atoms with van der Waals surface area (Å²) in [5.74, 6) is -0.271. The highest BCUT2D eigenvalue weighted by atomic mass is 16.6. The van der Waals surface area contributed by atoms with Crippen LogP contribution in [0.15, 0.2) is 24.3 Å². The fourth-order valence-corrected chi connectivity index (χ4v) is 1.59. The molecule has 0 bridgehead atoms. The van der Waals surface area contributed by atoms with Crippen molar-refractivity contribution in [2.75, 3.05) is 18.5 Å². The number of hydrogen-bond donors (Lipinski definition) is 3. The van der Waals surface area contributed by atoms with Crippen molar-refractivity contribution in [2.24, 2.45) is 0 Å². The quantitative estimate of drug-likeness (QED) is 0.667. The van der Waals surface area contributed by atoms with E-state index in [4.69, 9.17) is 14.6 Å². The first-order chi connectivity index (χ1) is 10.7. The molecule has 1 aromatic rings. The highest BCUT2D eigenvalue weighted by molar-refractivity contribution is 5.84. The SMILES string of the molecule is CC(NCCOc1ccc(NC(=O)OC(C)(C)C)cc1)C(=O)O. The number of amides is 1. The minimum absolute atomic E-state index is 0.344. The molecule has 7 nitrogen and oxygen atoms in total. The van der Waals surface area contributed by atoms with Gasteiger partial charge in [-0.25, -0.2) is 4.79 Å². The number of benzene rings is 1. The molecule has 0 spiro atoms. The molecule has 1 aromatic carbocycles. The Morgan fingerprint density at radius 2 is 1.83 bits per heavy atom. The zero-order chi connectivity index (χ0) is 17.5. The van der Waals surface area contributed by atoms with Gasteiger partial charge in [0.25, 0.3) is 0 Å². The molecule has 23 heavy (non-hydrogen) atoms. The summed E-state index contributed by atoms with van der Waals surface area (Å²) in [7, 11) is 0. The van der Waals surface area contributed by atoms with E-state index in [1.807, 2.05) is 0 Å². The predicted molar refractivity (Wildman–Crippen MR) is 86.9 cm³/mol. The maximum Gasteiger partial charge on any atom is 0.412 e. The van der Waals surface area contributed by atoms with Crippen molar-refractivity contribution in [3.05, 3.63) is 24.3 Å². The van der Waals surface area contributed by atoms with Crippen LogP contribution in [0.1, 0.15) is 27.7 Å². The minimum atomic E-state index is -0.900. The average molecular weight is 324 g/mol. The number of ether oxygens (including phenoxy) is 2. The molecule has 128 valence electrons. The second-order valence-corrected chi connectivity index (χ2v) is 6.01. The van der Waals surface area contributed by atoms with Crippen molar-refractivity contribution in [3.8, 4) is 5.75 Å². The highest BCUT2D eigenvalue weighted by Crippen LogP contribution is 2.16. The summed E-state index contributed by atoms with van der Waals surface area (Å²) < 4.78 is 10.6. The summed E-state index contributed by atoms with van der Waals surface area (Å²) in [6.45, 7) is 7.72. The third kappa shape index (κ3) is 8.06. The van der Waals surface area contributed by atoms with Gasteiger partial charge in [-0.15, -0.1) is 0 Å². The number of hydrogen-bond acceptors (Lipinski definition) is 5. The molecule has 1 atom stereocenters. The molecule has 3 N–H and O–H groups in total. The zero-order valence-electron chi connectivity index (χ0n) is 13.9. The van der Waals surface area contributed by atoms with Gasteiger partial charge < -0.3 is 19.9 Å². The lowest BCUT2D eigenvalue weighted by Crippen LogP contribution is -2.36. The van der Waals surface area contributed by atoms with Crippen LogP contribution in [-0.4, -0.2) is 42.0 Å². The van der Waals surface area contributed by atoms with Crippen LogP contribution in [0.4, 0.5) is 10.5 Å². The monoisotopic (exact) mass is 324 g/mol. The lowest BCUT2D eigenvalue weighted by molar-refractivity contribution is -0.139. The summed E-state index contributed by atoms with van der Waals surface area (Å²) in [6.07, 6.45) is -0.516. The van der Waals surface area contributed by atoms with Crippen LogP contribution >= 0.6 is 0 Å². The molecule has 1 amide bonds. The van der Waals surface area contributed by atoms with E-state index in [1.54, 1.807) is 52.0 Å². The van der Waals surface area contributed by atoms with Crippen molar-refractivity contribution in [3.63, 3.8) is 0 Å². The van der Waals surface area contributed by atoms with Crippen molar-refractivity contribution in [1.82, 2.24) is 5.32 Å². The smallest absolute Gasteiger partial charge is 0.412 e. The molecule has 0 radical (unpaired) electrons. The van der Waals surface area contributed by atoms with Crippen molar-refractivity contribution in [2.45, 2.75) is 39.3 Å². The largest absolute Gasteiger partial charge is 0.492 e. The standard InChI is InChI=1S/C16H24N2O5/c1-11(14(19)20)17-9-10-22-13-7-5-12(6-8-13)18-15(21)23-16(2,3)4/h5-8,11,17H,9-10H2,1-4H3,(H,18,21)(H,19,20). The van der Waals surface area contributed by atoms with Crippen LogP contribution < -0.4 is 15.4 Å². The second-order valence-electron chi connectivity index (χ2n) is 6.01. The molecule has 0 aromatic heterocycles. The van der Waals surface area contributed by atoms with Gasteiger partial charge in [0.15, 0.2) is 0 Å². The first kappa shape index (κ1) is 18.8. The van der Waals surface area contributed by atoms with Gasteiger partial charge in [0, 0.05) is 12.2 Å². The topological polar surface area (TPSA) is 96.9 Å². The normalized spacial score (nSPS) is 12.3. The van der Waals surface area contributed by atoms with Crippen LogP contribution in [0, 0.1) is 0 Å². The third-order valence-corrected chi connectivity index (χ3v) is 2.69. The number of nitrogens with one attached hydrogen (secondary N) is 2. The summed E-state index contributed by atoms with van der Waals surface area (Å²) in [4.78, 5) is 22.2. The Kier molecular flexibility index (Phi) is 6.84. The summed E-state index contributed by atoms with van der Waals surface area (Å²) in [6, 6.07) is 6.22. The van der Waals surface area contributed by atoms with Gasteiger partial charge in [-0.1, -0.05) is 0 Å². The summed E-state index contributed by atoms with van der Waals surface area (Å²) in [5.41, 5.74) is 0.0527. The number of aliphatic carboxylic acids is 1. The molecule has 1 unspecified atom stereocenters. The van der Waals surface area contributed by atoms with E-state index in [0.717, 1.165) is 0 Å². The highest BCUT2D eigenvalue weighted by Gasteiger charge is 2.16. The van der Waals surface area contributed by atoms with Crippen molar-refractivity contribution < 1.29 is 24.2 Å². The van der Waals surface area contributed by atoms with Gasteiger partial charge in [0.05, 0.1) is 0 Å². The molecule has 0 fully saturated rings. The first-order valence-corrected chi connectivity index (χ1v) is 7.36. The molecule has 0 aliphatic heterocycles. The number of carbonyl (C=O) groups is 2. The zero-order valence-corrected chi connectivity index (χ0v) is 13.9. The Balaban J connectivity index is 2.36. The van der Waals surface area contributed by atoms with Gasteiger partial charge >= 0.3 is 12.1 Å². The molecule has 0 aliphatic rings. The molecule has 7 heteroatoms. The number of rotatable bonds is 7. The summed E-state index contributed by atoms with van der Waals surface area (Å²) >= 11 is 0. The Hall–Kier alpha value is -2.28. The molecule has 0 aliphatic carbocycles. The van der Waals surface area contributed by atoms with E-state index in [1.165, 1.54) is 0 Å². The van der Waals surface area contributed by atoms with Crippen LogP contribution in [0.2, 0.25) is 0 Å². The minimum Gasteiger partial charge on any atom is -0.492 e. The van der Waals surface area contributed by atoms with E-state index in [0.29, 0.717) is 24.6 Å². The predicted octanol–water partition coefficient (Wildman–Crippen LogP) is 2.48. The number of carboxylic acid groups (broad SMARTS) is 1. The van der Waals surface area contributed by atoms with E-state index < -0.39 is 23.7 Å². The lowest BCUT2D eigenvalue weighted by Gasteiger charge is -2.19. The molecule has 0 saturated heterocycles. The molecule has 1 rings (SSSR count). The Morgan fingerprint density at radius 3 is 2.35 bits per heavy atom. The van der Waals surface area contributed by atoms with Crippen LogP contribution in [-0.2, 0) is 9.53 Å². The summed E-state index contributed by atoms with van der Waals surface area (Å²) in [5, 5.41) is 14.2. The first-order valence-electron chi connectivity index (χ1n) is 7.36. The maximum atomic E-state index is 11.6. The van der Waals surface area contributed by atoms with Gasteiger partial charge in [-0.2, -0.15) is 0 Å². The van der Waals surface area contributed by atoms with Gasteiger partial charge in [0.1, 0.15) is 24.0 Å². The van der Waals surface area contributed by atoms with Crippen molar-refractivity contribution in [1.29, 1.82) is 0 Å². The number of anilines is 1. The van der Waals surface area contributed by atoms with E-state index in [-0.39, 0.29) is 0 Å². The van der Waals surface area contributed by atoms with Crippen LogP contribution in [0.25, 0.3) is 0 Å². The van der Waals surface area contributed by atoms with Crippen LogP contribution in [0.5, 0.6) is 5.75 Å². The molecular weight excluding hydrogens is 300 g/mol. The second kappa shape index (κ2) is 8.38. The van der Waals surface area contributed by atoms with Gasteiger partial charge in [-0.3, -0.25) is 10.1 Å². The van der Waals surface area contributed by atoms with E-state index in [9.17, 15) is 9.59 Å². The fraction of sp³-hybridized carbons (Fsp3) is 0.500. The maximum absolute atomic E-state index is 11.6. The Morgan fingerprint density at radius 1 is 1.22 bits per heavy atom. The number of carboxylic acids is 1. The van der Waals surface area contributed by atoms with Crippen molar-refractivity contribution >= 4 is 17.7 Å². The lowest BCUT2D eigenvalue weighted by atomic mass is 10.2. The molecular formula is C16H24N2O5. The van der Waals surface area contributed by atoms with Gasteiger partial charge in [-0.05, 0) is 52.0 Å². The molecule has 0 saturated carbocycles. The third-order valence-electron chi connectivity index (χ3n) is 2.69. The van der Waals surface area contributed by atoms with E-state index >= 15 is 0 Å². The van der Waals surface area contributed by atoms with Crippen LogP contribution in [0.3, 0.4) is 0 Å². The Bertz CT molecular complexity index is 522. The average Bonchev–Trinajstić information content (AvgIpc) is 2.42. The molecule has 0 heterocycles. The van der Waals surface area contributed by atoms with E-state index in [2.05, 4.69) is 10.6 Å².